The molecule has 9 nitrogen and oxygen atoms in total. The maximum atomic E-state index is 13.1. The third-order valence-corrected chi connectivity index (χ3v) is 5.32. The Morgan fingerprint density at radius 3 is 2.58 bits per heavy atom. The fraction of sp³-hybridized carbons (Fsp3) is 0.375. The molecule has 3 rings (SSSR count). The Kier molecular flexibility index (Phi) is 8.65. The molecular formula is C24H30N4O5. The molecule has 1 aliphatic rings. The topological polar surface area (TPSA) is 100 Å². The van der Waals surface area contributed by atoms with E-state index in [1.165, 1.54) is 4.90 Å². The quantitative estimate of drug-likeness (QED) is 0.593. The summed E-state index contributed by atoms with van der Waals surface area (Å²) in [6, 6.07) is 15.4. The van der Waals surface area contributed by atoms with Crippen molar-refractivity contribution in [3.63, 3.8) is 0 Å². The number of rotatable bonds is 8. The average molecular weight is 455 g/mol. The fourth-order valence-corrected chi connectivity index (χ4v) is 3.64. The van der Waals surface area contributed by atoms with Crippen LogP contribution in [0.1, 0.15) is 12.5 Å². The minimum absolute atomic E-state index is 0.0711. The van der Waals surface area contributed by atoms with Gasteiger partial charge in [-0.05, 0) is 24.6 Å². The van der Waals surface area contributed by atoms with Gasteiger partial charge in [-0.2, -0.15) is 0 Å². The Labute approximate surface area is 193 Å². The first-order valence-corrected chi connectivity index (χ1v) is 10.9. The zero-order chi connectivity index (χ0) is 23.6. The van der Waals surface area contributed by atoms with Crippen molar-refractivity contribution in [2.45, 2.75) is 19.5 Å². The molecule has 0 aromatic heterocycles. The molecule has 0 saturated carbocycles. The van der Waals surface area contributed by atoms with Gasteiger partial charge in [0.1, 0.15) is 11.8 Å². The van der Waals surface area contributed by atoms with Crippen LogP contribution in [0.4, 0.5) is 10.5 Å². The van der Waals surface area contributed by atoms with E-state index in [0.29, 0.717) is 37.7 Å². The second kappa shape index (κ2) is 11.9. The van der Waals surface area contributed by atoms with Gasteiger partial charge in [-0.1, -0.05) is 36.4 Å². The van der Waals surface area contributed by atoms with Gasteiger partial charge in [0.05, 0.1) is 20.3 Å². The van der Waals surface area contributed by atoms with Crippen molar-refractivity contribution in [1.29, 1.82) is 0 Å². The Bertz CT molecular complexity index is 953. The first kappa shape index (κ1) is 24.1. The van der Waals surface area contributed by atoms with E-state index < -0.39 is 6.04 Å². The molecular weight excluding hydrogens is 424 g/mol. The molecule has 1 aliphatic heterocycles. The summed E-state index contributed by atoms with van der Waals surface area (Å²) < 4.78 is 10.2. The average Bonchev–Trinajstić information content (AvgIpc) is 2.83. The molecule has 0 bridgehead atoms. The van der Waals surface area contributed by atoms with Gasteiger partial charge >= 0.3 is 12.0 Å². The van der Waals surface area contributed by atoms with Crippen LogP contribution in [0.5, 0.6) is 5.75 Å². The number of anilines is 1. The first-order chi connectivity index (χ1) is 16.0. The molecule has 176 valence electrons. The van der Waals surface area contributed by atoms with Gasteiger partial charge in [-0.3, -0.25) is 14.5 Å². The van der Waals surface area contributed by atoms with Crippen molar-refractivity contribution in [3.05, 3.63) is 60.2 Å². The van der Waals surface area contributed by atoms with Gasteiger partial charge < -0.3 is 25.0 Å². The van der Waals surface area contributed by atoms with Gasteiger partial charge in [-0.25, -0.2) is 4.79 Å². The summed E-state index contributed by atoms with van der Waals surface area (Å²) in [7, 11) is 1.55. The molecule has 0 aliphatic carbocycles. The third-order valence-electron chi connectivity index (χ3n) is 5.32. The number of hydrogen-bond acceptors (Lipinski definition) is 6. The van der Waals surface area contributed by atoms with Gasteiger partial charge in [0.25, 0.3) is 0 Å². The minimum Gasteiger partial charge on any atom is -0.497 e. The van der Waals surface area contributed by atoms with Gasteiger partial charge in [-0.15, -0.1) is 0 Å². The highest BCUT2D eigenvalue weighted by Crippen LogP contribution is 2.19. The number of nitrogens with zero attached hydrogens (tertiary/aromatic N) is 2. The van der Waals surface area contributed by atoms with Crippen LogP contribution in [0.3, 0.4) is 0 Å². The summed E-state index contributed by atoms with van der Waals surface area (Å²) in [4.78, 5) is 41.5. The summed E-state index contributed by atoms with van der Waals surface area (Å²) in [5, 5.41) is 5.75. The highest BCUT2D eigenvalue weighted by Gasteiger charge is 2.36. The molecule has 9 heteroatoms. The van der Waals surface area contributed by atoms with Crippen LogP contribution in [-0.2, 0) is 20.9 Å². The van der Waals surface area contributed by atoms with E-state index in [-0.39, 0.29) is 31.0 Å². The number of urea groups is 1. The number of carbonyl (C=O) groups is 3. The smallest absolute Gasteiger partial charge is 0.322 e. The summed E-state index contributed by atoms with van der Waals surface area (Å²) >= 11 is 0. The molecule has 2 aromatic carbocycles. The summed E-state index contributed by atoms with van der Waals surface area (Å²) in [5.41, 5.74) is 1.52. The lowest BCUT2D eigenvalue weighted by molar-refractivity contribution is -0.145. The molecule has 33 heavy (non-hydrogen) atoms. The largest absolute Gasteiger partial charge is 0.497 e. The van der Waals surface area contributed by atoms with Crippen LogP contribution in [0.2, 0.25) is 0 Å². The number of nitrogens with one attached hydrogen (secondary N) is 2. The van der Waals surface area contributed by atoms with E-state index in [1.54, 1.807) is 38.3 Å². The number of ether oxygens (including phenoxy) is 2. The van der Waals surface area contributed by atoms with E-state index in [1.807, 2.05) is 35.2 Å². The predicted molar refractivity (Wildman–Crippen MR) is 124 cm³/mol. The van der Waals surface area contributed by atoms with Gasteiger partial charge in [0.2, 0.25) is 5.91 Å². The van der Waals surface area contributed by atoms with E-state index in [9.17, 15) is 14.4 Å². The van der Waals surface area contributed by atoms with Crippen molar-refractivity contribution in [1.82, 2.24) is 15.1 Å². The summed E-state index contributed by atoms with van der Waals surface area (Å²) in [6.45, 7) is 3.43. The molecule has 1 atom stereocenters. The number of esters is 1. The SMILES string of the molecule is CCOC(=O)CN1CCN(C(=O)Nc2cccc(OC)c2)C(C(=O)NCc2ccccc2)C1. The van der Waals surface area contributed by atoms with Crippen molar-refractivity contribution in [3.8, 4) is 5.75 Å². The maximum absolute atomic E-state index is 13.1. The van der Waals surface area contributed by atoms with E-state index in [2.05, 4.69) is 10.6 Å². The van der Waals surface area contributed by atoms with Crippen LogP contribution in [0.25, 0.3) is 0 Å². The van der Waals surface area contributed by atoms with Crippen LogP contribution in [0, 0.1) is 0 Å². The number of piperazine rings is 1. The number of hydrogen-bond donors (Lipinski definition) is 2. The van der Waals surface area contributed by atoms with Crippen molar-refractivity contribution in [2.75, 3.05) is 45.2 Å². The van der Waals surface area contributed by atoms with Crippen molar-refractivity contribution < 1.29 is 23.9 Å². The molecule has 3 amide bonds. The Morgan fingerprint density at radius 1 is 1.06 bits per heavy atom. The van der Waals surface area contributed by atoms with E-state index in [0.717, 1.165) is 5.56 Å². The van der Waals surface area contributed by atoms with Gasteiger partial charge in [0.15, 0.2) is 0 Å². The van der Waals surface area contributed by atoms with Gasteiger partial charge in [0, 0.05) is 37.9 Å². The second-order valence-corrected chi connectivity index (χ2v) is 7.61. The standard InChI is InChI=1S/C24H30N4O5/c1-3-33-22(29)17-27-12-13-28(24(31)26-19-10-7-11-20(14-19)32-2)21(16-27)23(30)25-15-18-8-5-4-6-9-18/h4-11,14,21H,3,12-13,15-17H2,1-2H3,(H,25,30)(H,26,31). The van der Waals surface area contributed by atoms with E-state index >= 15 is 0 Å². The molecule has 2 N–H and O–H groups in total. The van der Waals surface area contributed by atoms with Crippen LogP contribution >= 0.6 is 0 Å². The number of methoxy groups -OCH3 is 1. The number of carbonyl (C=O) groups excluding carboxylic acids is 3. The normalized spacial score (nSPS) is 16.1. The Balaban J connectivity index is 1.71. The van der Waals surface area contributed by atoms with Crippen molar-refractivity contribution in [2.24, 2.45) is 0 Å². The lowest BCUT2D eigenvalue weighted by Gasteiger charge is -2.40. The highest BCUT2D eigenvalue weighted by molar-refractivity contribution is 5.94. The molecule has 1 unspecified atom stereocenters. The number of amides is 3. The monoisotopic (exact) mass is 454 g/mol. The molecule has 2 aromatic rings. The second-order valence-electron chi connectivity index (χ2n) is 7.61. The summed E-state index contributed by atoms with van der Waals surface area (Å²) in [5.74, 6) is -0.0207. The predicted octanol–water partition coefficient (Wildman–Crippen LogP) is 2.09. The van der Waals surface area contributed by atoms with Crippen LogP contribution in [0.15, 0.2) is 54.6 Å². The molecule has 1 saturated heterocycles. The van der Waals surface area contributed by atoms with Crippen LogP contribution in [-0.4, -0.2) is 73.6 Å². The zero-order valence-electron chi connectivity index (χ0n) is 19.0. The zero-order valence-corrected chi connectivity index (χ0v) is 19.0. The van der Waals surface area contributed by atoms with E-state index in [4.69, 9.17) is 9.47 Å². The number of benzene rings is 2. The third kappa shape index (κ3) is 6.95. The highest BCUT2D eigenvalue weighted by atomic mass is 16.5. The maximum Gasteiger partial charge on any atom is 0.322 e. The molecule has 0 spiro atoms. The Hall–Kier alpha value is -3.59. The Morgan fingerprint density at radius 2 is 1.85 bits per heavy atom. The fourth-order valence-electron chi connectivity index (χ4n) is 3.64. The minimum atomic E-state index is -0.762. The molecule has 1 heterocycles. The summed E-state index contributed by atoms with van der Waals surface area (Å²) in [6.07, 6.45) is 0. The lowest BCUT2D eigenvalue weighted by Crippen LogP contribution is -2.61. The molecule has 1 fully saturated rings. The first-order valence-electron chi connectivity index (χ1n) is 10.9. The van der Waals surface area contributed by atoms with Crippen molar-refractivity contribution >= 4 is 23.6 Å². The molecule has 0 radical (unpaired) electrons. The lowest BCUT2D eigenvalue weighted by atomic mass is 10.1. The van der Waals surface area contributed by atoms with Crippen LogP contribution < -0.4 is 15.4 Å².